The van der Waals surface area contributed by atoms with Crippen molar-refractivity contribution in [1.29, 1.82) is 0 Å². The van der Waals surface area contributed by atoms with Crippen molar-refractivity contribution >= 4 is 17.5 Å². The van der Waals surface area contributed by atoms with Crippen molar-refractivity contribution in [3.05, 3.63) is 58.9 Å². The van der Waals surface area contributed by atoms with E-state index in [0.717, 1.165) is 31.0 Å². The van der Waals surface area contributed by atoms with Crippen LogP contribution < -0.4 is 0 Å². The van der Waals surface area contributed by atoms with Crippen molar-refractivity contribution in [3.63, 3.8) is 0 Å². The third-order valence-electron chi connectivity index (χ3n) is 4.87. The minimum atomic E-state index is 0.245. The van der Waals surface area contributed by atoms with E-state index < -0.39 is 0 Å². The highest BCUT2D eigenvalue weighted by atomic mass is 35.5. The zero-order chi connectivity index (χ0) is 17.8. The fraction of sp³-hybridized carbons (Fsp3) is 0.476. The van der Waals surface area contributed by atoms with E-state index in [1.54, 1.807) is 0 Å². The largest absolute Gasteiger partial charge is 0.345 e. The predicted octanol–water partition coefficient (Wildman–Crippen LogP) is 4.97. The average Bonchev–Trinajstić information content (AvgIpc) is 2.91. The molecular formula is C21H27ClN2O. The molecule has 1 aromatic heterocycles. The lowest BCUT2D eigenvalue weighted by Crippen LogP contribution is -2.40. The molecule has 2 aromatic rings. The second kappa shape index (κ2) is 8.09. The van der Waals surface area contributed by atoms with Crippen molar-refractivity contribution in [2.45, 2.75) is 46.2 Å². The number of hydrogen-bond acceptors (Lipinski definition) is 1. The second-order valence-electron chi connectivity index (χ2n) is 7.50. The Morgan fingerprint density at radius 1 is 1.28 bits per heavy atom. The first kappa shape index (κ1) is 18.1. The number of rotatable bonds is 7. The Bertz CT molecular complexity index is 718. The van der Waals surface area contributed by atoms with Gasteiger partial charge in [0.1, 0.15) is 0 Å². The van der Waals surface area contributed by atoms with Crippen LogP contribution in [0.25, 0.3) is 0 Å². The van der Waals surface area contributed by atoms with Crippen LogP contribution in [0.1, 0.15) is 44.4 Å². The molecule has 0 saturated heterocycles. The molecule has 1 aliphatic rings. The van der Waals surface area contributed by atoms with Crippen molar-refractivity contribution in [2.75, 3.05) is 6.54 Å². The highest BCUT2D eigenvalue weighted by molar-refractivity contribution is 6.30. The third kappa shape index (κ3) is 4.66. The first-order valence-electron chi connectivity index (χ1n) is 9.20. The van der Waals surface area contributed by atoms with Crippen LogP contribution in [0.5, 0.6) is 0 Å². The lowest BCUT2D eigenvalue weighted by molar-refractivity contribution is -0.139. The first-order valence-corrected chi connectivity index (χ1v) is 9.58. The van der Waals surface area contributed by atoms with E-state index in [9.17, 15) is 4.79 Å². The number of nitrogens with zero attached hydrogens (tertiary/aromatic N) is 2. The minimum absolute atomic E-state index is 0.245. The van der Waals surface area contributed by atoms with E-state index >= 15 is 0 Å². The minimum Gasteiger partial charge on any atom is -0.345 e. The van der Waals surface area contributed by atoms with Crippen LogP contribution >= 0.6 is 11.6 Å². The van der Waals surface area contributed by atoms with Crippen molar-refractivity contribution < 1.29 is 4.79 Å². The lowest BCUT2D eigenvalue weighted by Gasteiger charge is -2.33. The maximum Gasteiger partial charge on any atom is 0.226 e. The monoisotopic (exact) mass is 358 g/mol. The molecule has 0 N–H and O–H groups in total. The zero-order valence-corrected chi connectivity index (χ0v) is 15.9. The normalized spacial score (nSPS) is 14.6. The molecular weight excluding hydrogens is 332 g/mol. The summed E-state index contributed by atoms with van der Waals surface area (Å²) in [5.74, 6) is 1.05. The van der Waals surface area contributed by atoms with E-state index in [1.807, 2.05) is 18.2 Å². The van der Waals surface area contributed by atoms with E-state index in [2.05, 4.69) is 47.7 Å². The van der Waals surface area contributed by atoms with E-state index in [1.165, 1.54) is 17.7 Å². The number of carbonyl (C=O) groups excluding carboxylic acids is 1. The molecule has 1 aromatic carbocycles. The van der Waals surface area contributed by atoms with Crippen LogP contribution in [0.4, 0.5) is 0 Å². The Morgan fingerprint density at radius 2 is 2.08 bits per heavy atom. The quantitative estimate of drug-likeness (QED) is 0.685. The number of carbonyl (C=O) groups is 1. The van der Waals surface area contributed by atoms with Gasteiger partial charge in [0, 0.05) is 35.9 Å². The zero-order valence-electron chi connectivity index (χ0n) is 15.1. The molecule has 1 saturated carbocycles. The smallest absolute Gasteiger partial charge is 0.226 e. The van der Waals surface area contributed by atoms with Crippen LogP contribution in [-0.4, -0.2) is 21.9 Å². The number of hydrogen-bond donors (Lipinski definition) is 0. The summed E-state index contributed by atoms with van der Waals surface area (Å²) >= 11 is 6.10. The number of amides is 1. The van der Waals surface area contributed by atoms with Gasteiger partial charge in [0.2, 0.25) is 5.91 Å². The molecule has 0 atom stereocenters. The van der Waals surface area contributed by atoms with Crippen LogP contribution in [0, 0.1) is 11.8 Å². The third-order valence-corrected chi connectivity index (χ3v) is 5.11. The maximum atomic E-state index is 12.8. The molecule has 1 heterocycles. The molecule has 25 heavy (non-hydrogen) atoms. The van der Waals surface area contributed by atoms with Gasteiger partial charge in [-0.05, 0) is 48.6 Å². The fourth-order valence-electron chi connectivity index (χ4n) is 3.36. The molecule has 1 aliphatic carbocycles. The highest BCUT2D eigenvalue weighted by Crippen LogP contribution is 2.29. The van der Waals surface area contributed by atoms with Crippen molar-refractivity contribution in [3.8, 4) is 0 Å². The summed E-state index contributed by atoms with van der Waals surface area (Å²) in [7, 11) is 0. The Balaban J connectivity index is 1.73. The van der Waals surface area contributed by atoms with Crippen molar-refractivity contribution in [2.24, 2.45) is 11.8 Å². The molecule has 0 unspecified atom stereocenters. The van der Waals surface area contributed by atoms with E-state index in [0.29, 0.717) is 18.4 Å². The molecule has 3 nitrogen and oxygen atoms in total. The molecule has 3 rings (SSSR count). The summed E-state index contributed by atoms with van der Waals surface area (Å²) in [6, 6.07) is 12.1. The Morgan fingerprint density at radius 3 is 2.72 bits per heavy atom. The summed E-state index contributed by atoms with van der Waals surface area (Å²) in [6.07, 6.45) is 5.38. The molecule has 0 spiro atoms. The summed E-state index contributed by atoms with van der Waals surface area (Å²) in [6.45, 7) is 6.62. The summed E-state index contributed by atoms with van der Waals surface area (Å²) < 4.78 is 2.22. The van der Waals surface area contributed by atoms with Gasteiger partial charge in [0.25, 0.3) is 0 Å². The first-order chi connectivity index (χ1) is 12.0. The van der Waals surface area contributed by atoms with Gasteiger partial charge in [0.05, 0.1) is 6.54 Å². The van der Waals surface area contributed by atoms with Gasteiger partial charge in [-0.1, -0.05) is 44.0 Å². The Labute approximate surface area is 155 Å². The van der Waals surface area contributed by atoms with Gasteiger partial charge in [-0.2, -0.15) is 0 Å². The SMILES string of the molecule is CC(C)CN(Cc1cccn1Cc1cccc(Cl)c1)C(=O)C1CCC1. The number of aromatic nitrogens is 1. The molecule has 1 amide bonds. The highest BCUT2D eigenvalue weighted by Gasteiger charge is 2.30. The standard InChI is InChI=1S/C21H27ClN2O/c1-16(2)13-24(21(25)18-7-4-8-18)15-20-10-5-11-23(20)14-17-6-3-9-19(22)12-17/h3,5-6,9-12,16,18H,4,7-8,13-15H2,1-2H3. The Hall–Kier alpha value is -1.74. The summed E-state index contributed by atoms with van der Waals surface area (Å²) in [5.41, 5.74) is 2.35. The molecule has 1 fully saturated rings. The average molecular weight is 359 g/mol. The second-order valence-corrected chi connectivity index (χ2v) is 7.93. The molecule has 134 valence electrons. The van der Waals surface area contributed by atoms with Crippen LogP contribution in [0.15, 0.2) is 42.6 Å². The molecule has 0 aliphatic heterocycles. The van der Waals surface area contributed by atoms with E-state index in [4.69, 9.17) is 11.6 Å². The molecule has 4 heteroatoms. The lowest BCUT2D eigenvalue weighted by atomic mass is 9.84. The van der Waals surface area contributed by atoms with Crippen LogP contribution in [-0.2, 0) is 17.9 Å². The van der Waals surface area contributed by atoms with Crippen LogP contribution in [0.2, 0.25) is 5.02 Å². The van der Waals surface area contributed by atoms with Gasteiger partial charge in [0.15, 0.2) is 0 Å². The van der Waals surface area contributed by atoms with E-state index in [-0.39, 0.29) is 5.92 Å². The molecule has 0 bridgehead atoms. The number of benzene rings is 1. The summed E-state index contributed by atoms with van der Waals surface area (Å²) in [4.78, 5) is 14.9. The summed E-state index contributed by atoms with van der Waals surface area (Å²) in [5, 5.41) is 0.757. The Kier molecular flexibility index (Phi) is 5.85. The fourth-order valence-corrected chi connectivity index (χ4v) is 3.57. The van der Waals surface area contributed by atoms with Gasteiger partial charge in [-0.25, -0.2) is 0 Å². The number of halogens is 1. The van der Waals surface area contributed by atoms with Gasteiger partial charge >= 0.3 is 0 Å². The van der Waals surface area contributed by atoms with Crippen LogP contribution in [0.3, 0.4) is 0 Å². The topological polar surface area (TPSA) is 25.2 Å². The molecule has 0 radical (unpaired) electrons. The predicted molar refractivity (Wildman–Crippen MR) is 103 cm³/mol. The maximum absolute atomic E-state index is 12.8. The van der Waals surface area contributed by atoms with Gasteiger partial charge in [-0.15, -0.1) is 0 Å². The van der Waals surface area contributed by atoms with Gasteiger partial charge in [-0.3, -0.25) is 4.79 Å². The van der Waals surface area contributed by atoms with Crippen molar-refractivity contribution in [1.82, 2.24) is 9.47 Å². The van der Waals surface area contributed by atoms with Gasteiger partial charge < -0.3 is 9.47 Å².